The van der Waals surface area contributed by atoms with E-state index in [0.29, 0.717) is 29.2 Å². The van der Waals surface area contributed by atoms with E-state index in [-0.39, 0.29) is 30.9 Å². The molecule has 19 heavy (non-hydrogen) atoms. The van der Waals surface area contributed by atoms with Gasteiger partial charge >= 0.3 is 0 Å². The summed E-state index contributed by atoms with van der Waals surface area (Å²) in [5, 5.41) is 2.63. The summed E-state index contributed by atoms with van der Waals surface area (Å²) < 4.78 is 10.6. The van der Waals surface area contributed by atoms with Crippen molar-refractivity contribution in [3.05, 3.63) is 17.2 Å². The van der Waals surface area contributed by atoms with Gasteiger partial charge in [0.15, 0.2) is 17.3 Å². The van der Waals surface area contributed by atoms with Crippen LogP contribution in [0.2, 0.25) is 0 Å². The summed E-state index contributed by atoms with van der Waals surface area (Å²) in [6, 6.07) is 1.03. The maximum atomic E-state index is 12.0. The lowest BCUT2D eigenvalue weighted by Crippen LogP contribution is -2.26. The van der Waals surface area contributed by atoms with Gasteiger partial charge in [0.25, 0.3) is 0 Å². The Hall–Kier alpha value is -1.79. The van der Waals surface area contributed by atoms with E-state index in [0.717, 1.165) is 5.56 Å². The summed E-state index contributed by atoms with van der Waals surface area (Å²) >= 11 is 0. The highest BCUT2D eigenvalue weighted by molar-refractivity contribution is 6.11. The fraction of sp³-hybridized carbons (Fsp3) is 0.333. The molecule has 0 spiro atoms. The zero-order valence-electron chi connectivity index (χ0n) is 10.2. The number of nitrogens with two attached hydrogens (primary N) is 1. The summed E-state index contributed by atoms with van der Waals surface area (Å²) in [6.45, 7) is 1.51. The Balaban J connectivity index is 0.00000133. The largest absolute Gasteiger partial charge is 0.454 e. The zero-order chi connectivity index (χ0) is 12.9. The fourth-order valence-corrected chi connectivity index (χ4v) is 2.37. The molecule has 1 aromatic carbocycles. The Bertz CT molecular complexity index is 573. The minimum Gasteiger partial charge on any atom is -0.454 e. The second-order valence-electron chi connectivity index (χ2n) is 4.37. The first-order valence-corrected chi connectivity index (χ1v) is 5.61. The van der Waals surface area contributed by atoms with Crippen molar-refractivity contribution in [1.29, 1.82) is 0 Å². The van der Waals surface area contributed by atoms with Gasteiger partial charge in [0, 0.05) is 18.6 Å². The summed E-state index contributed by atoms with van der Waals surface area (Å²) in [5.41, 5.74) is 7.38. The predicted molar refractivity (Wildman–Crippen MR) is 70.1 cm³/mol. The normalized spacial score (nSPS) is 18.8. The van der Waals surface area contributed by atoms with Gasteiger partial charge in [-0.3, -0.25) is 9.59 Å². The smallest absolute Gasteiger partial charge is 0.231 e. The third-order valence-corrected chi connectivity index (χ3v) is 3.08. The van der Waals surface area contributed by atoms with E-state index < -0.39 is 6.04 Å². The summed E-state index contributed by atoms with van der Waals surface area (Å²) in [4.78, 5) is 23.2. The SMILES string of the molecule is CC(=O)Nc1cc2c(c3c1C(=O)C(N)C3)OCO2.Cl. The van der Waals surface area contributed by atoms with Crippen molar-refractivity contribution in [1.82, 2.24) is 0 Å². The molecule has 0 aromatic heterocycles. The average molecular weight is 285 g/mol. The lowest BCUT2D eigenvalue weighted by atomic mass is 10.1. The molecule has 0 saturated carbocycles. The highest BCUT2D eigenvalue weighted by atomic mass is 35.5. The van der Waals surface area contributed by atoms with E-state index in [4.69, 9.17) is 15.2 Å². The van der Waals surface area contributed by atoms with Crippen molar-refractivity contribution >= 4 is 29.8 Å². The van der Waals surface area contributed by atoms with Crippen molar-refractivity contribution in [2.24, 2.45) is 5.73 Å². The maximum Gasteiger partial charge on any atom is 0.231 e. The number of nitrogens with one attached hydrogen (secondary N) is 1. The molecule has 1 atom stereocenters. The van der Waals surface area contributed by atoms with Crippen molar-refractivity contribution in [3.8, 4) is 11.5 Å². The predicted octanol–water partition coefficient (Wildman–Crippen LogP) is 0.862. The van der Waals surface area contributed by atoms with Gasteiger partial charge in [0.2, 0.25) is 12.7 Å². The second-order valence-corrected chi connectivity index (χ2v) is 4.37. The number of carbonyl (C=O) groups is 2. The van der Waals surface area contributed by atoms with Crippen LogP contribution < -0.4 is 20.5 Å². The number of Topliss-reactive ketones (excluding diaryl/α,β-unsaturated/α-hetero) is 1. The Morgan fingerprint density at radius 3 is 2.89 bits per heavy atom. The third-order valence-electron chi connectivity index (χ3n) is 3.08. The molecule has 102 valence electrons. The molecule has 1 aromatic rings. The van der Waals surface area contributed by atoms with E-state index in [9.17, 15) is 9.59 Å². The monoisotopic (exact) mass is 284 g/mol. The van der Waals surface area contributed by atoms with Crippen LogP contribution in [-0.2, 0) is 11.2 Å². The minimum absolute atomic E-state index is 0. The van der Waals surface area contributed by atoms with Crippen molar-refractivity contribution in [2.45, 2.75) is 19.4 Å². The van der Waals surface area contributed by atoms with Gasteiger partial charge < -0.3 is 20.5 Å². The molecule has 1 aliphatic carbocycles. The molecule has 0 bridgehead atoms. The molecule has 2 aliphatic rings. The lowest BCUT2D eigenvalue weighted by Gasteiger charge is -2.10. The number of anilines is 1. The van der Waals surface area contributed by atoms with Gasteiger partial charge in [0.05, 0.1) is 17.3 Å². The number of rotatable bonds is 1. The first-order chi connectivity index (χ1) is 8.58. The van der Waals surface area contributed by atoms with Crippen LogP contribution in [0.3, 0.4) is 0 Å². The van der Waals surface area contributed by atoms with Gasteiger partial charge in [-0.2, -0.15) is 0 Å². The molecule has 3 N–H and O–H groups in total. The van der Waals surface area contributed by atoms with E-state index in [1.165, 1.54) is 6.92 Å². The van der Waals surface area contributed by atoms with E-state index in [2.05, 4.69) is 5.32 Å². The number of ketones is 1. The highest BCUT2D eigenvalue weighted by Gasteiger charge is 2.36. The Morgan fingerprint density at radius 2 is 2.21 bits per heavy atom. The Kier molecular flexibility index (Phi) is 3.38. The number of amides is 1. The third kappa shape index (κ3) is 2.02. The molecule has 0 fully saturated rings. The van der Waals surface area contributed by atoms with Crippen molar-refractivity contribution < 1.29 is 19.1 Å². The molecule has 1 unspecified atom stereocenters. The van der Waals surface area contributed by atoms with Crippen LogP contribution in [0.25, 0.3) is 0 Å². The number of halogens is 1. The van der Waals surface area contributed by atoms with Crippen molar-refractivity contribution in [2.75, 3.05) is 12.1 Å². The summed E-state index contributed by atoms with van der Waals surface area (Å²) in [6.07, 6.45) is 0.410. The van der Waals surface area contributed by atoms with Crippen molar-refractivity contribution in [3.63, 3.8) is 0 Å². The molecule has 7 heteroatoms. The maximum absolute atomic E-state index is 12.0. The number of fused-ring (bicyclic) bond motifs is 3. The molecule has 1 heterocycles. The molecular formula is C12H13ClN2O4. The van der Waals surface area contributed by atoms with E-state index >= 15 is 0 Å². The molecule has 1 aliphatic heterocycles. The standard InChI is InChI=1S/C12H12N2O4.ClH/c1-5(15)14-8-3-9-12(18-4-17-9)6-2-7(13)11(16)10(6)8;/h3,7H,2,4,13H2,1H3,(H,14,15);1H. The van der Waals surface area contributed by atoms with Crippen LogP contribution in [0.4, 0.5) is 5.69 Å². The summed E-state index contributed by atoms with van der Waals surface area (Å²) in [5.74, 6) is 0.691. The van der Waals surface area contributed by atoms with Crippen LogP contribution in [0.1, 0.15) is 22.8 Å². The second kappa shape index (κ2) is 4.71. The topological polar surface area (TPSA) is 90.7 Å². The highest BCUT2D eigenvalue weighted by Crippen LogP contribution is 2.45. The number of benzene rings is 1. The number of ether oxygens (including phenoxy) is 2. The zero-order valence-corrected chi connectivity index (χ0v) is 11.0. The van der Waals surface area contributed by atoms with Crippen LogP contribution >= 0.6 is 12.4 Å². The van der Waals surface area contributed by atoms with Crippen LogP contribution in [-0.4, -0.2) is 24.5 Å². The molecule has 0 saturated heterocycles. The molecular weight excluding hydrogens is 272 g/mol. The Morgan fingerprint density at radius 1 is 1.47 bits per heavy atom. The van der Waals surface area contributed by atoms with E-state index in [1.807, 2.05) is 0 Å². The number of carbonyl (C=O) groups excluding carboxylic acids is 2. The van der Waals surface area contributed by atoms with Gasteiger partial charge in [-0.25, -0.2) is 0 Å². The van der Waals surface area contributed by atoms with Gasteiger partial charge in [-0.15, -0.1) is 12.4 Å². The number of hydrogen-bond donors (Lipinski definition) is 2. The average Bonchev–Trinajstić information content (AvgIpc) is 2.84. The molecule has 3 rings (SSSR count). The quantitative estimate of drug-likeness (QED) is 0.798. The molecule has 1 amide bonds. The fourth-order valence-electron chi connectivity index (χ4n) is 2.37. The van der Waals surface area contributed by atoms with Gasteiger partial charge in [-0.1, -0.05) is 0 Å². The first-order valence-electron chi connectivity index (χ1n) is 5.61. The Labute approximate surface area is 115 Å². The van der Waals surface area contributed by atoms with Crippen LogP contribution in [0, 0.1) is 0 Å². The van der Waals surface area contributed by atoms with Gasteiger partial charge in [-0.05, 0) is 6.42 Å². The van der Waals surface area contributed by atoms with Crippen LogP contribution in [0.15, 0.2) is 6.07 Å². The lowest BCUT2D eigenvalue weighted by molar-refractivity contribution is -0.114. The molecule has 6 nitrogen and oxygen atoms in total. The van der Waals surface area contributed by atoms with Gasteiger partial charge in [0.1, 0.15) is 0 Å². The summed E-state index contributed by atoms with van der Waals surface area (Å²) in [7, 11) is 0. The first kappa shape index (κ1) is 13.6. The molecule has 0 radical (unpaired) electrons. The van der Waals surface area contributed by atoms with E-state index in [1.54, 1.807) is 6.07 Å². The number of hydrogen-bond acceptors (Lipinski definition) is 5. The van der Waals surface area contributed by atoms with Crippen LogP contribution in [0.5, 0.6) is 11.5 Å². The minimum atomic E-state index is -0.580.